The van der Waals surface area contributed by atoms with E-state index in [0.29, 0.717) is 11.4 Å². The van der Waals surface area contributed by atoms with Gasteiger partial charge in [0.2, 0.25) is 0 Å². The molecule has 1 aromatic heterocycles. The maximum Gasteiger partial charge on any atom is 0.296 e. The summed E-state index contributed by atoms with van der Waals surface area (Å²) in [5.41, 5.74) is 0.0544. The average Bonchev–Trinajstić information content (AvgIpc) is 3.09. The number of anilines is 2. The van der Waals surface area contributed by atoms with Gasteiger partial charge in [-0.3, -0.25) is 18.6 Å². The third-order valence-electron chi connectivity index (χ3n) is 5.86. The van der Waals surface area contributed by atoms with Gasteiger partial charge in [-0.05, 0) is 49.4 Å². The van der Waals surface area contributed by atoms with Crippen molar-refractivity contribution in [3.05, 3.63) is 105 Å². The van der Waals surface area contributed by atoms with Crippen molar-refractivity contribution < 1.29 is 22.0 Å². The summed E-state index contributed by atoms with van der Waals surface area (Å²) in [4.78, 5) is 25.8. The first kappa shape index (κ1) is 26.1. The summed E-state index contributed by atoms with van der Waals surface area (Å²) in [6.45, 7) is 1.62. The lowest BCUT2D eigenvalue weighted by molar-refractivity contribution is 0.102. The molecule has 1 heterocycles. The molecule has 1 N–H and O–H groups in total. The van der Waals surface area contributed by atoms with Gasteiger partial charge in [0.25, 0.3) is 21.5 Å². The minimum absolute atomic E-state index is 0.0493. The van der Waals surface area contributed by atoms with Crippen molar-refractivity contribution in [3.63, 3.8) is 0 Å². The van der Waals surface area contributed by atoms with Crippen LogP contribution in [0.15, 0.2) is 76.4 Å². The molecule has 0 spiro atoms. The molecular formula is C25H21ClF2N4O4S. The highest BCUT2D eigenvalue weighted by molar-refractivity contribution is 7.92. The molecule has 8 nitrogen and oxygen atoms in total. The molecule has 0 saturated heterocycles. The molecule has 0 saturated carbocycles. The van der Waals surface area contributed by atoms with Crippen LogP contribution < -0.4 is 15.2 Å². The molecule has 0 atom stereocenters. The number of nitrogens with zero attached hydrogens (tertiary/aromatic N) is 3. The summed E-state index contributed by atoms with van der Waals surface area (Å²) >= 11 is 6.14. The van der Waals surface area contributed by atoms with Crippen LogP contribution in [0.5, 0.6) is 0 Å². The van der Waals surface area contributed by atoms with Gasteiger partial charge in [-0.1, -0.05) is 29.8 Å². The molecule has 4 aromatic rings. The van der Waals surface area contributed by atoms with Crippen LogP contribution in [0.4, 0.5) is 20.2 Å². The number of sulfonamides is 1. The van der Waals surface area contributed by atoms with Gasteiger partial charge in [-0.2, -0.15) is 0 Å². The van der Waals surface area contributed by atoms with E-state index in [1.54, 1.807) is 49.0 Å². The van der Waals surface area contributed by atoms with E-state index in [0.717, 1.165) is 28.6 Å². The average molecular weight is 547 g/mol. The zero-order valence-electron chi connectivity index (χ0n) is 19.9. The molecular weight excluding hydrogens is 526 g/mol. The zero-order chi connectivity index (χ0) is 27.1. The van der Waals surface area contributed by atoms with Gasteiger partial charge in [-0.15, -0.1) is 0 Å². The molecule has 0 aliphatic rings. The largest absolute Gasteiger partial charge is 0.322 e. The highest BCUT2D eigenvalue weighted by Crippen LogP contribution is 2.27. The van der Waals surface area contributed by atoms with E-state index >= 15 is 0 Å². The summed E-state index contributed by atoms with van der Waals surface area (Å²) in [6.07, 6.45) is 0. The summed E-state index contributed by atoms with van der Waals surface area (Å²) in [7, 11) is -1.45. The Bertz CT molecular complexity index is 1690. The zero-order valence-corrected chi connectivity index (χ0v) is 21.4. The van der Waals surface area contributed by atoms with Gasteiger partial charge in [0.05, 0.1) is 26.9 Å². The number of aromatic nitrogens is 2. The fourth-order valence-corrected chi connectivity index (χ4v) is 5.28. The second-order valence-corrected chi connectivity index (χ2v) is 10.5. The van der Waals surface area contributed by atoms with Crippen molar-refractivity contribution in [2.24, 2.45) is 7.05 Å². The molecule has 12 heteroatoms. The standard InChI is InChI=1S/C25H21ClF2N4O4S/c1-15-23(25(34)32(30(15)2)17-7-5-4-6-8-17)31(3)37(35,36)18-10-11-20(26)19(14-18)24(33)29-16-9-12-21(27)22(28)13-16/h4-14H,1-3H3,(H,29,33). The lowest BCUT2D eigenvalue weighted by Gasteiger charge is -2.19. The number of benzene rings is 3. The number of carbonyl (C=O) groups is 1. The monoisotopic (exact) mass is 546 g/mol. The lowest BCUT2D eigenvalue weighted by Crippen LogP contribution is -2.32. The number of hydrogen-bond acceptors (Lipinski definition) is 4. The minimum Gasteiger partial charge on any atom is -0.322 e. The van der Waals surface area contributed by atoms with Crippen LogP contribution in [0, 0.1) is 18.6 Å². The van der Waals surface area contributed by atoms with Crippen LogP contribution in [-0.4, -0.2) is 30.7 Å². The third-order valence-corrected chi connectivity index (χ3v) is 7.94. The normalized spacial score (nSPS) is 11.4. The molecule has 4 rings (SSSR count). The third kappa shape index (κ3) is 4.75. The maximum atomic E-state index is 13.5. The Labute approximate surface area is 216 Å². The first-order valence-corrected chi connectivity index (χ1v) is 12.6. The van der Waals surface area contributed by atoms with Gasteiger partial charge in [0.1, 0.15) is 5.69 Å². The maximum absolute atomic E-state index is 13.5. The van der Waals surface area contributed by atoms with E-state index < -0.39 is 33.1 Å². The predicted molar refractivity (Wildman–Crippen MR) is 137 cm³/mol. The van der Waals surface area contributed by atoms with Crippen molar-refractivity contribution in [2.45, 2.75) is 11.8 Å². The van der Waals surface area contributed by atoms with Crippen molar-refractivity contribution in [1.82, 2.24) is 9.36 Å². The van der Waals surface area contributed by atoms with E-state index in [1.165, 1.54) is 23.9 Å². The van der Waals surface area contributed by atoms with E-state index in [9.17, 15) is 26.8 Å². The fraction of sp³-hybridized carbons (Fsp3) is 0.120. The Kier molecular flexibility index (Phi) is 6.94. The van der Waals surface area contributed by atoms with Crippen molar-refractivity contribution >= 4 is 38.9 Å². The summed E-state index contributed by atoms with van der Waals surface area (Å²) < 4.78 is 57.5. The molecule has 3 aromatic carbocycles. The van der Waals surface area contributed by atoms with Gasteiger partial charge in [0, 0.05) is 25.8 Å². The second kappa shape index (κ2) is 9.83. The Morgan fingerprint density at radius 1 is 1.00 bits per heavy atom. The Morgan fingerprint density at radius 3 is 2.32 bits per heavy atom. The number of halogens is 3. The van der Waals surface area contributed by atoms with Crippen LogP contribution in [0.1, 0.15) is 16.1 Å². The Hall–Kier alpha value is -3.96. The number of hydrogen-bond donors (Lipinski definition) is 1. The topological polar surface area (TPSA) is 93.4 Å². The van der Waals surface area contributed by atoms with Crippen LogP contribution in [0.2, 0.25) is 5.02 Å². The van der Waals surface area contributed by atoms with Gasteiger partial charge in [-0.25, -0.2) is 21.9 Å². The highest BCUT2D eigenvalue weighted by Gasteiger charge is 2.29. The van der Waals surface area contributed by atoms with E-state index in [1.807, 2.05) is 0 Å². The Balaban J connectivity index is 1.72. The summed E-state index contributed by atoms with van der Waals surface area (Å²) in [6, 6.07) is 15.0. The minimum atomic E-state index is -4.32. The highest BCUT2D eigenvalue weighted by atomic mass is 35.5. The second-order valence-electron chi connectivity index (χ2n) is 8.11. The van der Waals surface area contributed by atoms with Crippen LogP contribution in [0.3, 0.4) is 0 Å². The molecule has 0 aliphatic heterocycles. The van der Waals surface area contributed by atoms with Crippen LogP contribution in [-0.2, 0) is 17.1 Å². The first-order valence-electron chi connectivity index (χ1n) is 10.8. The van der Waals surface area contributed by atoms with Gasteiger partial charge < -0.3 is 5.32 Å². The molecule has 0 fully saturated rings. The lowest BCUT2D eigenvalue weighted by atomic mass is 10.2. The smallest absolute Gasteiger partial charge is 0.296 e. The number of rotatable bonds is 6. The molecule has 37 heavy (non-hydrogen) atoms. The number of amides is 1. The van der Waals surface area contributed by atoms with Crippen molar-refractivity contribution in [2.75, 3.05) is 16.7 Å². The fourth-order valence-electron chi connectivity index (χ4n) is 3.81. The molecule has 0 bridgehead atoms. The molecule has 192 valence electrons. The first-order chi connectivity index (χ1) is 17.4. The van der Waals surface area contributed by atoms with E-state index in [4.69, 9.17) is 11.6 Å². The van der Waals surface area contributed by atoms with Gasteiger partial charge in [0.15, 0.2) is 11.6 Å². The summed E-state index contributed by atoms with van der Waals surface area (Å²) in [5, 5.41) is 2.29. The number of para-hydroxylation sites is 1. The summed E-state index contributed by atoms with van der Waals surface area (Å²) in [5.74, 6) is -3.09. The van der Waals surface area contributed by atoms with Crippen LogP contribution >= 0.6 is 11.6 Å². The van der Waals surface area contributed by atoms with Gasteiger partial charge >= 0.3 is 0 Å². The van der Waals surface area contributed by atoms with Crippen LogP contribution in [0.25, 0.3) is 5.69 Å². The van der Waals surface area contributed by atoms with Crippen molar-refractivity contribution in [1.29, 1.82) is 0 Å². The SMILES string of the molecule is Cc1c(N(C)S(=O)(=O)c2ccc(Cl)c(C(=O)Nc3ccc(F)c(F)c3)c2)c(=O)n(-c2ccccc2)n1C. The number of nitrogens with one attached hydrogen (secondary N) is 1. The predicted octanol–water partition coefficient (Wildman–Crippen LogP) is 4.49. The Morgan fingerprint density at radius 2 is 1.68 bits per heavy atom. The molecule has 0 unspecified atom stereocenters. The van der Waals surface area contributed by atoms with Crippen molar-refractivity contribution in [3.8, 4) is 5.69 Å². The van der Waals surface area contributed by atoms with E-state index in [-0.39, 0.29) is 26.9 Å². The quantitative estimate of drug-likeness (QED) is 0.385. The number of carbonyl (C=O) groups excluding carboxylic acids is 1. The molecule has 0 radical (unpaired) electrons. The molecule has 1 amide bonds. The molecule has 0 aliphatic carbocycles. The van der Waals surface area contributed by atoms with E-state index in [2.05, 4.69) is 5.32 Å².